The zero-order valence-corrected chi connectivity index (χ0v) is 5.85. The molecule has 0 unspecified atom stereocenters. The topological polar surface area (TPSA) is 63.8 Å². The van der Waals surface area contributed by atoms with E-state index in [2.05, 4.69) is 5.10 Å². The van der Waals surface area contributed by atoms with Crippen LogP contribution >= 0.6 is 0 Å². The Balaban J connectivity index is 2.90. The van der Waals surface area contributed by atoms with Gasteiger partial charge >= 0.3 is 6.18 Å². The minimum Gasteiger partial charge on any atom is -0.384 e. The third-order valence-corrected chi connectivity index (χ3v) is 1.15. The molecule has 0 aliphatic heterocycles. The number of nitrogens with zero attached hydrogens (tertiary/aromatic N) is 1. The summed E-state index contributed by atoms with van der Waals surface area (Å²) in [6, 6.07) is 0.895. The number of hydrogen-bond donors (Lipinski definition) is 2. The highest BCUT2D eigenvalue weighted by Crippen LogP contribution is 2.15. The van der Waals surface area contributed by atoms with E-state index in [-0.39, 0.29) is 5.82 Å². The number of alkyl halides is 3. The Labute approximate surface area is 64.8 Å². The van der Waals surface area contributed by atoms with Crippen LogP contribution in [0.25, 0.3) is 0 Å². The van der Waals surface area contributed by atoms with Crippen LogP contribution in [0.15, 0.2) is 10.9 Å². The first-order valence-electron chi connectivity index (χ1n) is 3.00. The van der Waals surface area contributed by atoms with E-state index in [4.69, 9.17) is 5.73 Å². The van der Waals surface area contributed by atoms with Crippen LogP contribution in [0.4, 0.5) is 19.0 Å². The molecule has 1 aromatic rings. The lowest BCUT2D eigenvalue weighted by molar-refractivity contribution is -0.143. The Hall–Kier alpha value is -1.40. The SMILES string of the molecule is Nc1cc(=O)n(CC(F)(F)F)[nH]1. The van der Waals surface area contributed by atoms with E-state index in [1.54, 1.807) is 0 Å². The minimum absolute atomic E-state index is 0.0794. The van der Waals surface area contributed by atoms with E-state index in [0.29, 0.717) is 4.68 Å². The number of anilines is 1. The fraction of sp³-hybridized carbons (Fsp3) is 0.400. The van der Waals surface area contributed by atoms with Gasteiger partial charge in [0, 0.05) is 6.07 Å². The Bertz CT molecular complexity index is 323. The van der Waals surface area contributed by atoms with Crippen LogP contribution in [-0.2, 0) is 6.54 Å². The number of rotatable bonds is 1. The molecule has 0 amide bonds. The lowest BCUT2D eigenvalue weighted by Gasteiger charge is -2.05. The molecular formula is C5H6F3N3O. The predicted octanol–water partition coefficient (Wildman–Crippen LogP) is 0.321. The molecule has 0 aromatic carbocycles. The summed E-state index contributed by atoms with van der Waals surface area (Å²) in [6.07, 6.45) is -4.42. The Kier molecular flexibility index (Phi) is 1.87. The first kappa shape index (κ1) is 8.69. The molecule has 0 spiro atoms. The zero-order chi connectivity index (χ0) is 9.35. The van der Waals surface area contributed by atoms with E-state index in [1.807, 2.05) is 0 Å². The molecule has 3 N–H and O–H groups in total. The Morgan fingerprint density at radius 3 is 2.50 bits per heavy atom. The number of halogens is 3. The van der Waals surface area contributed by atoms with Gasteiger partial charge in [0.15, 0.2) is 0 Å². The summed E-state index contributed by atoms with van der Waals surface area (Å²) in [7, 11) is 0. The molecule has 0 atom stereocenters. The first-order chi connectivity index (χ1) is 5.38. The summed E-state index contributed by atoms with van der Waals surface area (Å²) in [6.45, 7) is -1.34. The van der Waals surface area contributed by atoms with Gasteiger partial charge < -0.3 is 5.73 Å². The molecule has 0 fully saturated rings. The van der Waals surface area contributed by atoms with Crippen LogP contribution in [0, 0.1) is 0 Å². The van der Waals surface area contributed by atoms with Crippen molar-refractivity contribution in [3.63, 3.8) is 0 Å². The van der Waals surface area contributed by atoms with Crippen LogP contribution < -0.4 is 11.3 Å². The minimum atomic E-state index is -4.42. The number of aromatic amines is 1. The largest absolute Gasteiger partial charge is 0.408 e. The van der Waals surface area contributed by atoms with Gasteiger partial charge in [0.1, 0.15) is 12.4 Å². The molecular weight excluding hydrogens is 175 g/mol. The summed E-state index contributed by atoms with van der Waals surface area (Å²) in [4.78, 5) is 10.7. The number of aromatic nitrogens is 2. The molecule has 1 rings (SSSR count). The standard InChI is InChI=1S/C5H6F3N3O/c6-5(7,8)2-11-4(12)1-3(9)10-11/h1,10H,2,9H2. The van der Waals surface area contributed by atoms with Crippen molar-refractivity contribution in [2.45, 2.75) is 12.7 Å². The van der Waals surface area contributed by atoms with Gasteiger partial charge in [0.25, 0.3) is 5.56 Å². The van der Waals surface area contributed by atoms with Crippen molar-refractivity contribution in [3.05, 3.63) is 16.4 Å². The molecule has 0 radical (unpaired) electrons. The maximum atomic E-state index is 11.7. The van der Waals surface area contributed by atoms with Gasteiger partial charge in [-0.3, -0.25) is 9.89 Å². The van der Waals surface area contributed by atoms with E-state index in [9.17, 15) is 18.0 Å². The number of hydrogen-bond acceptors (Lipinski definition) is 2. The summed E-state index contributed by atoms with van der Waals surface area (Å²) in [5, 5.41) is 2.06. The van der Waals surface area contributed by atoms with Crippen LogP contribution in [-0.4, -0.2) is 16.0 Å². The normalized spacial score (nSPS) is 11.9. The second-order valence-corrected chi connectivity index (χ2v) is 2.25. The maximum absolute atomic E-state index is 11.7. The molecule has 1 heterocycles. The molecule has 0 aliphatic carbocycles. The van der Waals surface area contributed by atoms with Crippen LogP contribution in [0.2, 0.25) is 0 Å². The van der Waals surface area contributed by atoms with Gasteiger partial charge in [-0.2, -0.15) is 13.2 Å². The van der Waals surface area contributed by atoms with Crippen molar-refractivity contribution >= 4 is 5.82 Å². The summed E-state index contributed by atoms with van der Waals surface area (Å²) >= 11 is 0. The van der Waals surface area contributed by atoms with E-state index in [0.717, 1.165) is 6.07 Å². The Morgan fingerprint density at radius 1 is 1.58 bits per heavy atom. The van der Waals surface area contributed by atoms with Crippen molar-refractivity contribution in [3.8, 4) is 0 Å². The number of H-pyrrole nitrogens is 1. The summed E-state index contributed by atoms with van der Waals surface area (Å²) < 4.78 is 35.5. The maximum Gasteiger partial charge on any atom is 0.408 e. The summed E-state index contributed by atoms with van der Waals surface area (Å²) in [5.74, 6) is -0.0794. The van der Waals surface area contributed by atoms with Crippen molar-refractivity contribution in [1.82, 2.24) is 9.78 Å². The third-order valence-electron chi connectivity index (χ3n) is 1.15. The lowest BCUT2D eigenvalue weighted by Crippen LogP contribution is -2.26. The fourth-order valence-electron chi connectivity index (χ4n) is 0.751. The van der Waals surface area contributed by atoms with Crippen LogP contribution in [0.5, 0.6) is 0 Å². The molecule has 4 nitrogen and oxygen atoms in total. The number of nitrogen functional groups attached to an aromatic ring is 1. The summed E-state index contributed by atoms with van der Waals surface area (Å²) in [5.41, 5.74) is 4.27. The van der Waals surface area contributed by atoms with Gasteiger partial charge in [0.05, 0.1) is 0 Å². The molecule has 12 heavy (non-hydrogen) atoms. The smallest absolute Gasteiger partial charge is 0.384 e. The van der Waals surface area contributed by atoms with Gasteiger partial charge in [-0.05, 0) is 0 Å². The van der Waals surface area contributed by atoms with Gasteiger partial charge in [-0.1, -0.05) is 0 Å². The van der Waals surface area contributed by atoms with E-state index < -0.39 is 18.3 Å². The lowest BCUT2D eigenvalue weighted by atomic mass is 10.6. The average molecular weight is 181 g/mol. The highest BCUT2D eigenvalue weighted by atomic mass is 19.4. The predicted molar refractivity (Wildman–Crippen MR) is 35.5 cm³/mol. The zero-order valence-electron chi connectivity index (χ0n) is 5.85. The number of nitrogens with two attached hydrogens (primary N) is 1. The molecule has 0 aliphatic rings. The molecule has 0 bridgehead atoms. The van der Waals surface area contributed by atoms with Gasteiger partial charge in [-0.15, -0.1) is 0 Å². The molecule has 7 heteroatoms. The van der Waals surface area contributed by atoms with Crippen molar-refractivity contribution in [2.24, 2.45) is 0 Å². The molecule has 0 saturated heterocycles. The fourth-order valence-corrected chi connectivity index (χ4v) is 0.751. The van der Waals surface area contributed by atoms with E-state index >= 15 is 0 Å². The second-order valence-electron chi connectivity index (χ2n) is 2.25. The highest BCUT2D eigenvalue weighted by molar-refractivity contribution is 5.23. The second kappa shape index (κ2) is 2.58. The van der Waals surface area contributed by atoms with Crippen LogP contribution in [0.1, 0.15) is 0 Å². The average Bonchev–Trinajstić information content (AvgIpc) is 2.06. The highest BCUT2D eigenvalue weighted by Gasteiger charge is 2.28. The quantitative estimate of drug-likeness (QED) is 0.655. The first-order valence-corrected chi connectivity index (χ1v) is 3.00. The number of nitrogens with one attached hydrogen (secondary N) is 1. The van der Waals surface area contributed by atoms with Crippen molar-refractivity contribution in [2.75, 3.05) is 5.73 Å². The monoisotopic (exact) mass is 181 g/mol. The molecule has 1 aromatic heterocycles. The molecule has 68 valence electrons. The molecule has 0 saturated carbocycles. The van der Waals surface area contributed by atoms with Crippen molar-refractivity contribution < 1.29 is 13.2 Å². The van der Waals surface area contributed by atoms with Gasteiger partial charge in [0.2, 0.25) is 0 Å². The van der Waals surface area contributed by atoms with Crippen molar-refractivity contribution in [1.29, 1.82) is 0 Å². The van der Waals surface area contributed by atoms with E-state index in [1.165, 1.54) is 0 Å². The Morgan fingerprint density at radius 2 is 2.17 bits per heavy atom. The van der Waals surface area contributed by atoms with Gasteiger partial charge in [-0.25, -0.2) is 4.68 Å². The third kappa shape index (κ3) is 2.04. The van der Waals surface area contributed by atoms with Crippen LogP contribution in [0.3, 0.4) is 0 Å².